The van der Waals surface area contributed by atoms with Crippen molar-refractivity contribution >= 4 is 23.0 Å². The summed E-state index contributed by atoms with van der Waals surface area (Å²) in [5.74, 6) is 0. The molecule has 0 bridgehead atoms. The minimum absolute atomic E-state index is 0.143. The van der Waals surface area contributed by atoms with Crippen molar-refractivity contribution in [2.24, 2.45) is 0 Å². The monoisotopic (exact) mass is 318 g/mol. The van der Waals surface area contributed by atoms with Crippen molar-refractivity contribution in [3.05, 3.63) is 0 Å². The number of hydroxylamine groups is 4. The van der Waals surface area contributed by atoms with Crippen LogP contribution in [0.1, 0.15) is 6.42 Å². The van der Waals surface area contributed by atoms with Gasteiger partial charge in [-0.1, -0.05) is 0 Å². The first-order valence-corrected chi connectivity index (χ1v) is 5.49. The van der Waals surface area contributed by atoms with Crippen molar-refractivity contribution in [3.63, 3.8) is 0 Å². The van der Waals surface area contributed by atoms with Crippen LogP contribution in [0.15, 0.2) is 0 Å². The highest BCUT2D eigenvalue weighted by molar-refractivity contribution is 14.1. The molecule has 1 saturated heterocycles. The molecule has 84 valence electrons. The van der Waals surface area contributed by atoms with E-state index in [9.17, 15) is 0 Å². The highest BCUT2D eigenvalue weighted by Gasteiger charge is 2.24. The summed E-state index contributed by atoms with van der Waals surface area (Å²) in [6, 6.07) is 0. The molecule has 0 N–H and O–H groups in total. The molecule has 1 rings (SSSR count). The number of nitrogens with zero attached hydrogens (tertiary/aromatic N) is 1. The van der Waals surface area contributed by atoms with E-state index in [1.165, 1.54) is 0 Å². The lowest BCUT2D eigenvalue weighted by atomic mass is 10.4. The van der Waals surface area contributed by atoms with Gasteiger partial charge in [0.25, 0.3) is 0 Å². The molecule has 1 aliphatic rings. The van der Waals surface area contributed by atoms with Crippen LogP contribution < -0.4 is 0 Å². The molecular formula is C8H17INO4+. The number of quaternary nitrogens is 1. The molecule has 14 heavy (non-hydrogen) atoms. The molecule has 2 unspecified atom stereocenters. The Kier molecular flexibility index (Phi) is 5.57. The highest BCUT2D eigenvalue weighted by atomic mass is 127. The van der Waals surface area contributed by atoms with Crippen LogP contribution in [0.5, 0.6) is 0 Å². The minimum Gasteiger partial charge on any atom is -0.378 e. The van der Waals surface area contributed by atoms with Crippen molar-refractivity contribution in [2.75, 3.05) is 40.5 Å². The fourth-order valence-corrected chi connectivity index (χ4v) is 1.34. The van der Waals surface area contributed by atoms with Crippen LogP contribution in [-0.4, -0.2) is 51.4 Å². The first kappa shape index (κ1) is 12.6. The number of halogens is 1. The molecule has 1 aliphatic heterocycles. The standard InChI is InChI=1S/C8H17INO4/c1-10(11-2,14-9)4-3-5-12-6-8-7-13-8/h8H,3-7H2,1-2H3/q+1. The predicted molar refractivity (Wildman–Crippen MR) is 58.3 cm³/mol. The maximum absolute atomic E-state index is 5.39. The second-order valence-electron chi connectivity index (χ2n) is 3.37. The van der Waals surface area contributed by atoms with Crippen LogP contribution in [-0.2, 0) is 17.5 Å². The van der Waals surface area contributed by atoms with Gasteiger partial charge in [0, 0.05) is 6.42 Å². The Hall–Kier alpha value is 0.530. The summed E-state index contributed by atoms with van der Waals surface area (Å²) in [7, 11) is 3.48. The molecule has 0 saturated carbocycles. The molecule has 0 aliphatic carbocycles. The van der Waals surface area contributed by atoms with Crippen LogP contribution in [0.25, 0.3) is 0 Å². The highest BCUT2D eigenvalue weighted by Crippen LogP contribution is 2.11. The average molecular weight is 318 g/mol. The van der Waals surface area contributed by atoms with Gasteiger partial charge in [-0.2, -0.15) is 4.84 Å². The zero-order valence-corrected chi connectivity index (χ0v) is 10.7. The maximum atomic E-state index is 5.39. The Labute approximate surface area is 98.4 Å². The van der Waals surface area contributed by atoms with Crippen molar-refractivity contribution in [1.29, 1.82) is 0 Å². The summed E-state index contributed by atoms with van der Waals surface area (Å²) in [5, 5.41) is 0. The number of ether oxygens (including phenoxy) is 2. The Morgan fingerprint density at radius 1 is 1.57 bits per heavy atom. The Bertz CT molecular complexity index is 161. The van der Waals surface area contributed by atoms with E-state index in [0.29, 0.717) is 12.7 Å². The van der Waals surface area contributed by atoms with Crippen LogP contribution in [0.2, 0.25) is 0 Å². The summed E-state index contributed by atoms with van der Waals surface area (Å²) >= 11 is 1.83. The lowest BCUT2D eigenvalue weighted by Gasteiger charge is -2.23. The summed E-state index contributed by atoms with van der Waals surface area (Å²) in [5.41, 5.74) is 0. The second kappa shape index (κ2) is 6.19. The van der Waals surface area contributed by atoms with Gasteiger partial charge < -0.3 is 9.47 Å². The van der Waals surface area contributed by atoms with Crippen molar-refractivity contribution < 1.29 is 22.3 Å². The molecule has 1 fully saturated rings. The van der Waals surface area contributed by atoms with Gasteiger partial charge in [0.1, 0.15) is 19.7 Å². The third-order valence-electron chi connectivity index (χ3n) is 2.09. The molecule has 0 aromatic rings. The fourth-order valence-electron chi connectivity index (χ4n) is 0.987. The van der Waals surface area contributed by atoms with Crippen molar-refractivity contribution in [2.45, 2.75) is 12.5 Å². The second-order valence-corrected chi connectivity index (χ2v) is 3.77. The molecule has 1 heterocycles. The SMILES string of the molecule is CO[N+](C)(CCCOCC1CO1)OI. The van der Waals surface area contributed by atoms with E-state index in [-0.39, 0.29) is 4.81 Å². The summed E-state index contributed by atoms with van der Waals surface area (Å²) in [6.07, 6.45) is 1.25. The number of hydrogen-bond donors (Lipinski definition) is 0. The zero-order chi connectivity index (χ0) is 10.4. The molecule has 0 aromatic carbocycles. The molecule has 0 amide bonds. The van der Waals surface area contributed by atoms with Crippen LogP contribution in [0.4, 0.5) is 0 Å². The van der Waals surface area contributed by atoms with Gasteiger partial charge in [0.05, 0.1) is 26.9 Å². The molecule has 0 radical (unpaired) electrons. The van der Waals surface area contributed by atoms with E-state index in [2.05, 4.69) is 0 Å². The molecule has 5 nitrogen and oxygen atoms in total. The zero-order valence-electron chi connectivity index (χ0n) is 8.57. The quantitative estimate of drug-likeness (QED) is 0.221. The van der Waals surface area contributed by atoms with Crippen molar-refractivity contribution in [1.82, 2.24) is 0 Å². The van der Waals surface area contributed by atoms with E-state index in [1.807, 2.05) is 30.1 Å². The first-order valence-electron chi connectivity index (χ1n) is 4.61. The van der Waals surface area contributed by atoms with E-state index < -0.39 is 0 Å². The van der Waals surface area contributed by atoms with Gasteiger partial charge in [-0.3, -0.25) is 0 Å². The third-order valence-corrected chi connectivity index (χ3v) is 2.92. The van der Waals surface area contributed by atoms with E-state index in [4.69, 9.17) is 17.5 Å². The van der Waals surface area contributed by atoms with Gasteiger partial charge in [0.15, 0.2) is 23.0 Å². The third kappa shape index (κ3) is 4.85. The molecule has 2 atom stereocenters. The normalized spacial score (nSPS) is 24.6. The smallest absolute Gasteiger partial charge is 0.193 e. The van der Waals surface area contributed by atoms with Crippen LogP contribution in [0, 0.1) is 0 Å². The van der Waals surface area contributed by atoms with E-state index in [0.717, 1.165) is 26.2 Å². The lowest BCUT2D eigenvalue weighted by molar-refractivity contribution is -1.20. The maximum Gasteiger partial charge on any atom is 0.193 e. The summed E-state index contributed by atoms with van der Waals surface area (Å²) in [6.45, 7) is 3.05. The Morgan fingerprint density at radius 2 is 2.29 bits per heavy atom. The topological polar surface area (TPSA) is 40.2 Å². The van der Waals surface area contributed by atoms with E-state index >= 15 is 0 Å². The summed E-state index contributed by atoms with van der Waals surface area (Å²) < 4.78 is 15.5. The minimum atomic E-state index is 0.143. The molecular weight excluding hydrogens is 301 g/mol. The Balaban J connectivity index is 1.95. The number of epoxide rings is 1. The van der Waals surface area contributed by atoms with Gasteiger partial charge in [-0.15, -0.1) is 3.17 Å². The van der Waals surface area contributed by atoms with E-state index in [1.54, 1.807) is 7.11 Å². The Morgan fingerprint density at radius 3 is 2.79 bits per heavy atom. The van der Waals surface area contributed by atoms with Gasteiger partial charge >= 0.3 is 0 Å². The average Bonchev–Trinajstić information content (AvgIpc) is 3.01. The first-order chi connectivity index (χ1) is 6.70. The molecule has 6 heteroatoms. The van der Waals surface area contributed by atoms with Gasteiger partial charge in [-0.05, 0) is 4.81 Å². The number of hydrogen-bond acceptors (Lipinski definition) is 4. The lowest BCUT2D eigenvalue weighted by Crippen LogP contribution is -2.41. The molecule has 0 spiro atoms. The predicted octanol–water partition coefficient (Wildman–Crippen LogP) is 1.08. The van der Waals surface area contributed by atoms with Gasteiger partial charge in [-0.25, -0.2) is 0 Å². The fraction of sp³-hybridized carbons (Fsp3) is 1.00. The van der Waals surface area contributed by atoms with Crippen molar-refractivity contribution in [3.8, 4) is 0 Å². The largest absolute Gasteiger partial charge is 0.378 e. The van der Waals surface area contributed by atoms with Crippen LogP contribution >= 0.6 is 23.0 Å². The van der Waals surface area contributed by atoms with Gasteiger partial charge in [0.2, 0.25) is 0 Å². The molecule has 0 aromatic heterocycles. The van der Waals surface area contributed by atoms with Crippen LogP contribution in [0.3, 0.4) is 0 Å². The summed E-state index contributed by atoms with van der Waals surface area (Å²) in [4.78, 5) is 5.30. The number of rotatable bonds is 8.